The number of hydrogen-bond acceptors (Lipinski definition) is 10. The summed E-state index contributed by atoms with van der Waals surface area (Å²) in [6.45, 7) is 5.97. The van der Waals surface area contributed by atoms with Gasteiger partial charge in [0.1, 0.15) is 12.1 Å². The van der Waals surface area contributed by atoms with Crippen LogP contribution in [0.2, 0.25) is 0 Å². The lowest BCUT2D eigenvalue weighted by Gasteiger charge is -2.48. The van der Waals surface area contributed by atoms with E-state index in [2.05, 4.69) is 38.9 Å². The number of thiazole rings is 1. The molecule has 0 radical (unpaired) electrons. The number of aliphatic hydroxyl groups is 1. The van der Waals surface area contributed by atoms with Crippen molar-refractivity contribution in [2.75, 3.05) is 20.2 Å². The molecule has 2 aliphatic carbocycles. The Kier molecular flexibility index (Phi) is 6.67. The number of amides is 1. The number of hydrogen-bond donors (Lipinski definition) is 3. The van der Waals surface area contributed by atoms with Crippen molar-refractivity contribution in [1.29, 1.82) is 0 Å². The summed E-state index contributed by atoms with van der Waals surface area (Å²) in [7, 11) is 1.31. The van der Waals surface area contributed by atoms with Crippen LogP contribution >= 0.6 is 11.3 Å². The Morgan fingerprint density at radius 2 is 2.05 bits per heavy atom. The Bertz CT molecular complexity index is 1560. The predicted molar refractivity (Wildman–Crippen MR) is 155 cm³/mol. The first-order valence-electron chi connectivity index (χ1n) is 14.5. The molecule has 4 aliphatic rings. The van der Waals surface area contributed by atoms with Gasteiger partial charge in [0.15, 0.2) is 6.04 Å². The van der Waals surface area contributed by atoms with Crippen molar-refractivity contribution in [3.8, 4) is 10.4 Å². The van der Waals surface area contributed by atoms with Gasteiger partial charge in [-0.2, -0.15) is 0 Å². The number of likely N-dealkylation sites (tertiary alicyclic amines) is 1. The fourth-order valence-electron chi connectivity index (χ4n) is 6.75. The van der Waals surface area contributed by atoms with Crippen molar-refractivity contribution < 1.29 is 19.4 Å². The van der Waals surface area contributed by atoms with Crippen molar-refractivity contribution in [1.82, 2.24) is 35.5 Å². The molecule has 1 aromatic carbocycles. The van der Waals surface area contributed by atoms with Crippen LogP contribution in [0.25, 0.3) is 10.4 Å². The van der Waals surface area contributed by atoms with Crippen LogP contribution in [0.15, 0.2) is 41.5 Å². The highest BCUT2D eigenvalue weighted by atomic mass is 32.1. The predicted octanol–water partition coefficient (Wildman–Crippen LogP) is 2.60. The molecule has 3 N–H and O–H groups in total. The average molecular weight is 590 g/mol. The zero-order chi connectivity index (χ0) is 29.2. The molecule has 4 heterocycles. The third-order valence-electron chi connectivity index (χ3n) is 9.10. The number of nitrogens with zero attached hydrogens (tertiary/aromatic N) is 5. The van der Waals surface area contributed by atoms with Gasteiger partial charge in [0.05, 0.1) is 40.7 Å². The number of rotatable bonds is 7. The molecule has 2 aliphatic heterocycles. The van der Waals surface area contributed by atoms with E-state index >= 15 is 0 Å². The van der Waals surface area contributed by atoms with E-state index in [1.54, 1.807) is 16.8 Å². The summed E-state index contributed by atoms with van der Waals surface area (Å²) < 4.78 is 7.12. The molecule has 1 amide bonds. The molecular formula is C30H35N7O4S. The van der Waals surface area contributed by atoms with Crippen LogP contribution in [0.1, 0.15) is 66.8 Å². The SMILES string of the molecule is COC(=O)[C@H](NC(=O)[C@@H]1C[C@@H](O)CN1C1=CC2(C)CNCc3c(C4CC4)nnn3[C@@H]12)c1ccc(-c2scnc2C)cc1. The average Bonchev–Trinajstić information content (AvgIpc) is 3.46. The van der Waals surface area contributed by atoms with Crippen LogP contribution < -0.4 is 10.6 Å². The lowest BCUT2D eigenvalue weighted by molar-refractivity contribution is -0.145. The summed E-state index contributed by atoms with van der Waals surface area (Å²) in [5.74, 6) is -0.404. The van der Waals surface area contributed by atoms with Gasteiger partial charge >= 0.3 is 5.97 Å². The first kappa shape index (κ1) is 27.2. The van der Waals surface area contributed by atoms with Gasteiger partial charge in [-0.05, 0) is 30.9 Å². The summed E-state index contributed by atoms with van der Waals surface area (Å²) in [4.78, 5) is 34.1. The Hall–Kier alpha value is -3.61. The zero-order valence-electron chi connectivity index (χ0n) is 23.9. The van der Waals surface area contributed by atoms with Crippen LogP contribution in [0.3, 0.4) is 0 Å². The molecule has 1 saturated carbocycles. The van der Waals surface area contributed by atoms with E-state index < -0.39 is 24.2 Å². The zero-order valence-corrected chi connectivity index (χ0v) is 24.7. The number of aromatic nitrogens is 4. The van der Waals surface area contributed by atoms with Crippen molar-refractivity contribution in [3.05, 3.63) is 64.2 Å². The fourth-order valence-corrected chi connectivity index (χ4v) is 7.56. The van der Waals surface area contributed by atoms with Gasteiger partial charge in [-0.15, -0.1) is 16.4 Å². The fraction of sp³-hybridized carbons (Fsp3) is 0.500. The second-order valence-corrected chi connectivity index (χ2v) is 13.0. The summed E-state index contributed by atoms with van der Waals surface area (Å²) in [5.41, 5.74) is 7.32. The minimum atomic E-state index is -0.982. The van der Waals surface area contributed by atoms with Crippen LogP contribution in [-0.4, -0.2) is 74.2 Å². The highest BCUT2D eigenvalue weighted by molar-refractivity contribution is 7.13. The Labute approximate surface area is 248 Å². The van der Waals surface area contributed by atoms with E-state index in [4.69, 9.17) is 4.74 Å². The molecule has 1 saturated heterocycles. The van der Waals surface area contributed by atoms with Crippen LogP contribution in [-0.2, 0) is 20.9 Å². The smallest absolute Gasteiger partial charge is 0.333 e. The van der Waals surface area contributed by atoms with Gasteiger partial charge in [0.2, 0.25) is 5.91 Å². The van der Waals surface area contributed by atoms with Gasteiger partial charge in [0, 0.05) is 43.1 Å². The number of β-amino-alcohol motifs (C(OH)–C–C–N with tert-alkyl or cyclic N) is 1. The maximum atomic E-state index is 13.9. The summed E-state index contributed by atoms with van der Waals surface area (Å²) in [5, 5.41) is 26.4. The molecule has 3 aromatic rings. The number of fused-ring (bicyclic) bond motifs is 3. The molecule has 0 spiro atoms. The van der Waals surface area contributed by atoms with Gasteiger partial charge in [-0.1, -0.05) is 42.5 Å². The number of carbonyl (C=O) groups is 2. The van der Waals surface area contributed by atoms with E-state index in [-0.39, 0.29) is 23.8 Å². The van der Waals surface area contributed by atoms with Crippen molar-refractivity contribution in [2.45, 2.75) is 69.8 Å². The molecule has 12 heteroatoms. The number of aryl methyl sites for hydroxylation is 1. The first-order valence-corrected chi connectivity index (χ1v) is 15.4. The first-order chi connectivity index (χ1) is 20.3. The second kappa shape index (κ2) is 10.3. The Morgan fingerprint density at radius 3 is 2.74 bits per heavy atom. The number of benzene rings is 1. The van der Waals surface area contributed by atoms with Crippen molar-refractivity contribution in [3.63, 3.8) is 0 Å². The second-order valence-electron chi connectivity index (χ2n) is 12.1. The Balaban J connectivity index is 1.14. The van der Waals surface area contributed by atoms with Crippen molar-refractivity contribution in [2.24, 2.45) is 5.41 Å². The molecule has 2 fully saturated rings. The minimum absolute atomic E-state index is 0.0951. The standard InChI is InChI=1S/C30H35N7O4S/c1-16-26(42-15-32-16)19-8-6-18(7-9-19)25(29(40)41-3)33-28(39)21-10-20(38)13-36(21)22-11-30(2)14-31-12-23-24(17-4-5-17)34-35-37(23)27(22)30/h6-9,11,15,17,20-21,25,27,31,38H,4-5,10,12-14H2,1-3H3,(H,33,39)/t20-,21+,25-,27+,30?/m1/s1. The van der Waals surface area contributed by atoms with E-state index in [9.17, 15) is 14.7 Å². The number of nitrogens with one attached hydrogen (secondary N) is 2. The van der Waals surface area contributed by atoms with Crippen molar-refractivity contribution >= 4 is 23.2 Å². The topological polar surface area (TPSA) is 134 Å². The number of esters is 1. The lowest BCUT2D eigenvalue weighted by atomic mass is 9.70. The number of carbonyl (C=O) groups excluding carboxylic acids is 2. The van der Waals surface area contributed by atoms with Gasteiger partial charge in [0.25, 0.3) is 0 Å². The summed E-state index contributed by atoms with van der Waals surface area (Å²) >= 11 is 1.56. The monoisotopic (exact) mass is 589 g/mol. The summed E-state index contributed by atoms with van der Waals surface area (Å²) in [6.07, 6.45) is 4.07. The number of ether oxygens (including phenoxy) is 1. The molecule has 220 valence electrons. The van der Waals surface area contributed by atoms with Gasteiger partial charge in [-0.3, -0.25) is 4.79 Å². The molecule has 42 heavy (non-hydrogen) atoms. The van der Waals surface area contributed by atoms with E-state index in [1.165, 1.54) is 7.11 Å². The number of allylic oxidation sites excluding steroid dienone is 1. The minimum Gasteiger partial charge on any atom is -0.467 e. The van der Waals surface area contributed by atoms with Gasteiger partial charge < -0.3 is 25.4 Å². The van der Waals surface area contributed by atoms with Crippen LogP contribution in [0.4, 0.5) is 0 Å². The maximum absolute atomic E-state index is 13.9. The third kappa shape index (κ3) is 4.52. The number of methoxy groups -OCH3 is 1. The highest BCUT2D eigenvalue weighted by Gasteiger charge is 2.53. The van der Waals surface area contributed by atoms with Crippen LogP contribution in [0, 0.1) is 12.3 Å². The highest BCUT2D eigenvalue weighted by Crippen LogP contribution is 2.53. The van der Waals surface area contributed by atoms with E-state index in [0.717, 1.165) is 52.6 Å². The molecule has 5 atom stereocenters. The molecule has 0 bridgehead atoms. The van der Waals surface area contributed by atoms with Crippen LogP contribution in [0.5, 0.6) is 0 Å². The third-order valence-corrected chi connectivity index (χ3v) is 10.1. The normalized spacial score (nSPS) is 27.3. The van der Waals surface area contributed by atoms with E-state index in [1.807, 2.05) is 40.8 Å². The Morgan fingerprint density at radius 1 is 1.26 bits per heavy atom. The van der Waals surface area contributed by atoms with E-state index in [0.29, 0.717) is 24.6 Å². The molecule has 2 aromatic heterocycles. The molecule has 1 unspecified atom stereocenters. The molecule has 11 nitrogen and oxygen atoms in total. The maximum Gasteiger partial charge on any atom is 0.333 e. The molecular weight excluding hydrogens is 554 g/mol. The van der Waals surface area contributed by atoms with Gasteiger partial charge in [-0.25, -0.2) is 14.5 Å². The largest absolute Gasteiger partial charge is 0.467 e. The summed E-state index contributed by atoms with van der Waals surface area (Å²) in [6, 6.07) is 5.80. The quantitative estimate of drug-likeness (QED) is 0.356. The molecule has 7 rings (SSSR count). The lowest BCUT2D eigenvalue weighted by Crippen LogP contribution is -2.52. The number of aliphatic hydroxyl groups excluding tert-OH is 1.